The molecule has 0 bridgehead atoms. The lowest BCUT2D eigenvalue weighted by molar-refractivity contribution is -0.179. The maximum absolute atomic E-state index is 13.0. The lowest BCUT2D eigenvalue weighted by Gasteiger charge is -2.57. The predicted octanol–water partition coefficient (Wildman–Crippen LogP) is 3.82. The predicted molar refractivity (Wildman–Crippen MR) is 119 cm³/mol. The Balaban J connectivity index is 1.87. The summed E-state index contributed by atoms with van der Waals surface area (Å²) < 4.78 is 5.83. The average molecular weight is 440 g/mol. The van der Waals surface area contributed by atoms with Crippen molar-refractivity contribution in [3.8, 4) is 0 Å². The standard InChI is InChI=1S/C26H33NO5/c1-14-11-21-19-13-23(27-16(3)29)22-12-18(31)7-9-24(22,5)20(19)8-10-25(21,6)26(14,15(2)28)32-17(4)30/h12-13,19-21H,1,7-11H2,2-6H3,(H,27,29)/t19-,20+,21+,24-,25+,26+/m1/s1. The molecule has 0 spiro atoms. The number of Topliss-reactive ketones (excluding diaryl/α,β-unsaturated/α-hetero) is 1. The van der Waals surface area contributed by atoms with E-state index in [1.165, 1.54) is 20.8 Å². The Hall–Kier alpha value is -2.50. The van der Waals surface area contributed by atoms with Crippen molar-refractivity contribution >= 4 is 23.4 Å². The second-order valence-corrected chi connectivity index (χ2v) is 10.6. The molecular formula is C26H33NO5. The first kappa shape index (κ1) is 22.7. The van der Waals surface area contributed by atoms with Crippen LogP contribution in [0.2, 0.25) is 0 Å². The van der Waals surface area contributed by atoms with Crippen LogP contribution in [0.4, 0.5) is 0 Å². The number of hydrogen-bond donors (Lipinski definition) is 1. The first-order valence-corrected chi connectivity index (χ1v) is 11.5. The smallest absolute Gasteiger partial charge is 0.303 e. The van der Waals surface area contributed by atoms with Gasteiger partial charge in [0.15, 0.2) is 17.2 Å². The maximum Gasteiger partial charge on any atom is 0.303 e. The van der Waals surface area contributed by atoms with E-state index in [0.29, 0.717) is 24.1 Å². The second kappa shape index (κ2) is 7.26. The van der Waals surface area contributed by atoms with Crippen LogP contribution in [0, 0.1) is 28.6 Å². The molecular weight excluding hydrogens is 406 g/mol. The quantitative estimate of drug-likeness (QED) is 0.533. The van der Waals surface area contributed by atoms with Crippen LogP contribution in [0.1, 0.15) is 66.7 Å². The fraction of sp³-hybridized carbons (Fsp3) is 0.615. The second-order valence-electron chi connectivity index (χ2n) is 10.6. The number of carbonyl (C=O) groups is 4. The van der Waals surface area contributed by atoms with E-state index in [9.17, 15) is 19.2 Å². The number of allylic oxidation sites excluding steroid dienone is 3. The number of rotatable bonds is 3. The minimum absolute atomic E-state index is 0.0387. The van der Waals surface area contributed by atoms with E-state index in [1.54, 1.807) is 6.08 Å². The third kappa shape index (κ3) is 2.91. The monoisotopic (exact) mass is 439 g/mol. The van der Waals surface area contributed by atoms with Gasteiger partial charge in [-0.1, -0.05) is 26.5 Å². The van der Waals surface area contributed by atoms with Crippen LogP contribution in [0.3, 0.4) is 0 Å². The number of ketones is 2. The summed E-state index contributed by atoms with van der Waals surface area (Å²) in [6.07, 6.45) is 7.19. The van der Waals surface area contributed by atoms with Crippen LogP contribution in [0.5, 0.6) is 0 Å². The molecule has 0 aromatic carbocycles. The van der Waals surface area contributed by atoms with Crippen molar-refractivity contribution in [2.45, 2.75) is 72.3 Å². The normalized spacial score (nSPS) is 40.3. The van der Waals surface area contributed by atoms with Gasteiger partial charge in [0.25, 0.3) is 0 Å². The van der Waals surface area contributed by atoms with Crippen molar-refractivity contribution in [1.29, 1.82) is 0 Å². The van der Waals surface area contributed by atoms with E-state index >= 15 is 0 Å². The molecule has 172 valence electrons. The molecule has 0 aliphatic heterocycles. The van der Waals surface area contributed by atoms with Crippen LogP contribution in [-0.4, -0.2) is 29.0 Å². The van der Waals surface area contributed by atoms with Crippen molar-refractivity contribution in [2.24, 2.45) is 28.6 Å². The van der Waals surface area contributed by atoms with Gasteiger partial charge in [0.2, 0.25) is 5.91 Å². The Labute approximate surface area is 189 Å². The van der Waals surface area contributed by atoms with E-state index in [1.807, 2.05) is 0 Å². The molecule has 32 heavy (non-hydrogen) atoms. The van der Waals surface area contributed by atoms with Gasteiger partial charge < -0.3 is 10.1 Å². The largest absolute Gasteiger partial charge is 0.446 e. The van der Waals surface area contributed by atoms with Gasteiger partial charge in [-0.05, 0) is 73.0 Å². The molecule has 6 atom stereocenters. The topological polar surface area (TPSA) is 89.5 Å². The van der Waals surface area contributed by atoms with Crippen LogP contribution in [0.15, 0.2) is 35.6 Å². The highest BCUT2D eigenvalue weighted by molar-refractivity contribution is 5.94. The van der Waals surface area contributed by atoms with E-state index in [0.717, 1.165) is 24.8 Å². The Kier molecular flexibility index (Phi) is 5.14. The van der Waals surface area contributed by atoms with E-state index < -0.39 is 17.0 Å². The fourth-order valence-electron chi connectivity index (χ4n) is 7.52. The minimum atomic E-state index is -1.32. The fourth-order valence-corrected chi connectivity index (χ4v) is 7.52. The van der Waals surface area contributed by atoms with Crippen molar-refractivity contribution in [1.82, 2.24) is 5.32 Å². The molecule has 2 saturated carbocycles. The van der Waals surface area contributed by atoms with Crippen molar-refractivity contribution < 1.29 is 23.9 Å². The average Bonchev–Trinajstić information content (AvgIpc) is 2.90. The summed E-state index contributed by atoms with van der Waals surface area (Å²) in [5, 5.41) is 2.97. The number of ether oxygens (including phenoxy) is 1. The molecule has 0 aromatic heterocycles. The zero-order chi connectivity index (χ0) is 23.6. The third-order valence-electron chi connectivity index (χ3n) is 8.87. The third-order valence-corrected chi connectivity index (χ3v) is 8.87. The summed E-state index contributed by atoms with van der Waals surface area (Å²) in [4.78, 5) is 49.4. The Morgan fingerprint density at radius 3 is 2.41 bits per heavy atom. The van der Waals surface area contributed by atoms with Crippen LogP contribution in [0.25, 0.3) is 0 Å². The lowest BCUT2D eigenvalue weighted by Crippen LogP contribution is -2.59. The lowest BCUT2D eigenvalue weighted by atomic mass is 9.47. The minimum Gasteiger partial charge on any atom is -0.446 e. The number of nitrogens with one attached hydrogen (secondary N) is 1. The van der Waals surface area contributed by atoms with E-state index in [-0.39, 0.29) is 40.6 Å². The van der Waals surface area contributed by atoms with Gasteiger partial charge in [0.05, 0.1) is 0 Å². The van der Waals surface area contributed by atoms with Gasteiger partial charge in [0.1, 0.15) is 0 Å². The Bertz CT molecular complexity index is 1010. The van der Waals surface area contributed by atoms with Crippen LogP contribution in [-0.2, 0) is 23.9 Å². The van der Waals surface area contributed by atoms with Gasteiger partial charge >= 0.3 is 5.97 Å². The highest BCUT2D eigenvalue weighted by atomic mass is 16.6. The SMILES string of the molecule is C=C1C[C@H]2[C@@H]3C=C(NC(C)=O)C4=CC(=O)CC[C@]4(C)[C@H]3CC[C@]2(C)[C@@]1(OC(C)=O)C(C)=O. The number of esters is 1. The summed E-state index contributed by atoms with van der Waals surface area (Å²) in [6, 6.07) is 0. The van der Waals surface area contributed by atoms with Gasteiger partial charge in [-0.2, -0.15) is 0 Å². The highest BCUT2D eigenvalue weighted by Crippen LogP contribution is 2.68. The summed E-state index contributed by atoms with van der Waals surface area (Å²) in [5.41, 5.74) is 0.142. The summed E-state index contributed by atoms with van der Waals surface area (Å²) in [6.45, 7) is 12.8. The summed E-state index contributed by atoms with van der Waals surface area (Å²) in [5.74, 6) is -0.373. The van der Waals surface area contributed by atoms with Gasteiger partial charge in [-0.15, -0.1) is 0 Å². The molecule has 2 fully saturated rings. The zero-order valence-electron chi connectivity index (χ0n) is 19.7. The van der Waals surface area contributed by atoms with Crippen molar-refractivity contribution in [3.05, 3.63) is 35.6 Å². The zero-order valence-corrected chi connectivity index (χ0v) is 19.7. The van der Waals surface area contributed by atoms with E-state index in [4.69, 9.17) is 4.74 Å². The molecule has 0 heterocycles. The summed E-state index contributed by atoms with van der Waals surface area (Å²) in [7, 11) is 0. The van der Waals surface area contributed by atoms with Gasteiger partial charge in [-0.25, -0.2) is 0 Å². The Morgan fingerprint density at radius 1 is 1.12 bits per heavy atom. The van der Waals surface area contributed by atoms with E-state index in [2.05, 4.69) is 31.8 Å². The number of carbonyl (C=O) groups excluding carboxylic acids is 4. The summed E-state index contributed by atoms with van der Waals surface area (Å²) >= 11 is 0. The molecule has 1 amide bonds. The molecule has 4 aliphatic carbocycles. The molecule has 6 heteroatoms. The number of hydrogen-bond acceptors (Lipinski definition) is 5. The van der Waals surface area contributed by atoms with Crippen molar-refractivity contribution in [3.63, 3.8) is 0 Å². The molecule has 0 aromatic rings. The molecule has 1 N–H and O–H groups in total. The first-order valence-electron chi connectivity index (χ1n) is 11.5. The van der Waals surface area contributed by atoms with Crippen LogP contribution < -0.4 is 5.32 Å². The van der Waals surface area contributed by atoms with Gasteiger partial charge in [0, 0.05) is 31.4 Å². The van der Waals surface area contributed by atoms with Gasteiger partial charge in [-0.3, -0.25) is 19.2 Å². The first-order chi connectivity index (χ1) is 14.9. The molecule has 0 unspecified atom stereocenters. The molecule has 0 radical (unpaired) electrons. The molecule has 0 saturated heterocycles. The maximum atomic E-state index is 13.0. The Morgan fingerprint density at radius 2 is 1.81 bits per heavy atom. The molecule has 6 nitrogen and oxygen atoms in total. The molecule has 4 rings (SSSR count). The number of fused-ring (bicyclic) bond motifs is 5. The van der Waals surface area contributed by atoms with Crippen molar-refractivity contribution in [2.75, 3.05) is 0 Å². The molecule has 4 aliphatic rings. The number of amides is 1. The van der Waals surface area contributed by atoms with Crippen LogP contribution >= 0.6 is 0 Å². The highest BCUT2D eigenvalue weighted by Gasteiger charge is 2.69.